The van der Waals surface area contributed by atoms with Gasteiger partial charge in [-0.25, -0.2) is 4.79 Å². The molecule has 19 heavy (non-hydrogen) atoms. The molecule has 0 aliphatic carbocycles. The molecule has 1 rings (SSSR count). The van der Waals surface area contributed by atoms with Gasteiger partial charge in [-0.05, 0) is 25.5 Å². The maximum absolute atomic E-state index is 11.9. The average molecular weight is 261 g/mol. The summed E-state index contributed by atoms with van der Waals surface area (Å²) in [6, 6.07) is 4.39. The number of nitrogens with zero attached hydrogens (tertiary/aromatic N) is 2. The van der Waals surface area contributed by atoms with Crippen molar-refractivity contribution in [2.24, 2.45) is 5.92 Å². The van der Waals surface area contributed by atoms with E-state index in [1.165, 1.54) is 13.3 Å². The number of pyridine rings is 1. The summed E-state index contributed by atoms with van der Waals surface area (Å²) in [5.74, 6) is -1.36. The standard InChI is InChI=1S/C13H15N3O3/c1-9(7-14)6-11(13(18)19-2)16-12(17)10-4-3-5-15-8-10/h3-5,8-9,11H,6H2,1-2H3,(H,16,17)/t9-,11+/m1/s1. The van der Waals surface area contributed by atoms with Gasteiger partial charge in [0.05, 0.1) is 18.7 Å². The van der Waals surface area contributed by atoms with Gasteiger partial charge in [-0.15, -0.1) is 0 Å². The Kier molecular flexibility index (Phi) is 5.48. The number of hydrogen-bond acceptors (Lipinski definition) is 5. The van der Waals surface area contributed by atoms with Crippen molar-refractivity contribution in [3.8, 4) is 6.07 Å². The highest BCUT2D eigenvalue weighted by Gasteiger charge is 2.24. The lowest BCUT2D eigenvalue weighted by Gasteiger charge is -2.17. The monoisotopic (exact) mass is 261 g/mol. The Labute approximate surface area is 111 Å². The molecule has 0 aliphatic rings. The summed E-state index contributed by atoms with van der Waals surface area (Å²) in [5, 5.41) is 11.3. The molecule has 1 aromatic heterocycles. The summed E-state index contributed by atoms with van der Waals surface area (Å²) in [7, 11) is 1.24. The van der Waals surface area contributed by atoms with Crippen LogP contribution in [0.4, 0.5) is 0 Å². The number of ether oxygens (including phenoxy) is 1. The van der Waals surface area contributed by atoms with Crippen LogP contribution in [0.1, 0.15) is 23.7 Å². The van der Waals surface area contributed by atoms with Crippen molar-refractivity contribution in [2.45, 2.75) is 19.4 Å². The summed E-state index contributed by atoms with van der Waals surface area (Å²) in [4.78, 5) is 27.3. The van der Waals surface area contributed by atoms with Gasteiger partial charge >= 0.3 is 5.97 Å². The topological polar surface area (TPSA) is 92.1 Å². The molecule has 6 heteroatoms. The summed E-state index contributed by atoms with van der Waals surface area (Å²) in [5.41, 5.74) is 0.348. The zero-order valence-corrected chi connectivity index (χ0v) is 10.8. The van der Waals surface area contributed by atoms with Crippen LogP contribution in [0, 0.1) is 17.2 Å². The van der Waals surface area contributed by atoms with Crippen LogP contribution in [-0.4, -0.2) is 30.0 Å². The van der Waals surface area contributed by atoms with Gasteiger partial charge in [0.2, 0.25) is 0 Å². The quantitative estimate of drug-likeness (QED) is 0.795. The van der Waals surface area contributed by atoms with Gasteiger partial charge in [-0.2, -0.15) is 5.26 Å². The van der Waals surface area contributed by atoms with E-state index < -0.39 is 17.9 Å². The van der Waals surface area contributed by atoms with Crippen molar-refractivity contribution in [3.05, 3.63) is 30.1 Å². The molecule has 0 saturated heterocycles. The van der Waals surface area contributed by atoms with E-state index in [1.807, 2.05) is 6.07 Å². The predicted octanol–water partition coefficient (Wildman–Crippen LogP) is 0.903. The van der Waals surface area contributed by atoms with Crippen molar-refractivity contribution < 1.29 is 14.3 Å². The highest BCUT2D eigenvalue weighted by molar-refractivity contribution is 5.96. The fourth-order valence-electron chi connectivity index (χ4n) is 1.50. The van der Waals surface area contributed by atoms with Crippen molar-refractivity contribution in [3.63, 3.8) is 0 Å². The van der Waals surface area contributed by atoms with E-state index in [-0.39, 0.29) is 12.3 Å². The zero-order valence-electron chi connectivity index (χ0n) is 10.8. The SMILES string of the molecule is COC(=O)[C@H](C[C@@H](C)C#N)NC(=O)c1cccnc1. The molecule has 1 aromatic rings. The van der Waals surface area contributed by atoms with Crippen LogP contribution in [0.15, 0.2) is 24.5 Å². The number of methoxy groups -OCH3 is 1. The summed E-state index contributed by atoms with van der Waals surface area (Å²) in [6.45, 7) is 1.67. The number of nitrogens with one attached hydrogen (secondary N) is 1. The van der Waals surface area contributed by atoms with E-state index in [9.17, 15) is 9.59 Å². The lowest BCUT2D eigenvalue weighted by molar-refractivity contribution is -0.143. The van der Waals surface area contributed by atoms with Gasteiger partial charge in [0.15, 0.2) is 0 Å². The maximum atomic E-state index is 11.9. The Morgan fingerprint density at radius 1 is 1.58 bits per heavy atom. The summed E-state index contributed by atoms with van der Waals surface area (Å²) < 4.78 is 4.62. The molecular weight excluding hydrogens is 246 g/mol. The number of aromatic nitrogens is 1. The molecular formula is C13H15N3O3. The highest BCUT2D eigenvalue weighted by Crippen LogP contribution is 2.07. The van der Waals surface area contributed by atoms with Crippen LogP contribution in [0.5, 0.6) is 0 Å². The van der Waals surface area contributed by atoms with Crippen LogP contribution in [0.25, 0.3) is 0 Å². The summed E-state index contributed by atoms with van der Waals surface area (Å²) in [6.07, 6.45) is 3.15. The molecule has 100 valence electrons. The van der Waals surface area contributed by atoms with E-state index in [0.29, 0.717) is 5.56 Å². The number of nitriles is 1. The number of amides is 1. The molecule has 0 radical (unpaired) electrons. The molecule has 1 heterocycles. The number of carbonyl (C=O) groups is 2. The molecule has 0 aliphatic heterocycles. The molecule has 1 amide bonds. The Balaban J connectivity index is 2.75. The van der Waals surface area contributed by atoms with Crippen molar-refractivity contribution >= 4 is 11.9 Å². The zero-order chi connectivity index (χ0) is 14.3. The van der Waals surface area contributed by atoms with Crippen LogP contribution in [0.3, 0.4) is 0 Å². The molecule has 0 unspecified atom stereocenters. The van der Waals surface area contributed by atoms with E-state index in [1.54, 1.807) is 25.3 Å². The van der Waals surface area contributed by atoms with Crippen LogP contribution < -0.4 is 5.32 Å². The Morgan fingerprint density at radius 3 is 2.84 bits per heavy atom. The molecule has 0 aromatic carbocycles. The summed E-state index contributed by atoms with van der Waals surface area (Å²) >= 11 is 0. The first kappa shape index (κ1) is 14.6. The molecule has 2 atom stereocenters. The number of rotatable bonds is 5. The van der Waals surface area contributed by atoms with Crippen LogP contribution >= 0.6 is 0 Å². The molecule has 0 fully saturated rings. The molecule has 6 nitrogen and oxygen atoms in total. The number of hydrogen-bond donors (Lipinski definition) is 1. The largest absolute Gasteiger partial charge is 0.467 e. The minimum Gasteiger partial charge on any atom is -0.467 e. The molecule has 0 bridgehead atoms. The second kappa shape index (κ2) is 7.11. The smallest absolute Gasteiger partial charge is 0.328 e. The average Bonchev–Trinajstić information content (AvgIpc) is 2.46. The normalized spacial score (nSPS) is 12.9. The van der Waals surface area contributed by atoms with Gasteiger partial charge in [0.1, 0.15) is 6.04 Å². The molecule has 1 N–H and O–H groups in total. The van der Waals surface area contributed by atoms with Crippen molar-refractivity contribution in [1.29, 1.82) is 5.26 Å². The second-order valence-electron chi connectivity index (χ2n) is 4.06. The minimum atomic E-state index is -0.840. The molecule has 0 spiro atoms. The second-order valence-corrected chi connectivity index (χ2v) is 4.06. The van der Waals surface area contributed by atoms with Crippen molar-refractivity contribution in [1.82, 2.24) is 10.3 Å². The Hall–Kier alpha value is -2.42. The minimum absolute atomic E-state index is 0.204. The maximum Gasteiger partial charge on any atom is 0.328 e. The molecule has 0 saturated carbocycles. The van der Waals surface area contributed by atoms with Gasteiger partial charge in [-0.1, -0.05) is 0 Å². The fourth-order valence-corrected chi connectivity index (χ4v) is 1.50. The van der Waals surface area contributed by atoms with E-state index >= 15 is 0 Å². The third-order valence-corrected chi connectivity index (χ3v) is 2.52. The Morgan fingerprint density at radius 2 is 2.32 bits per heavy atom. The number of esters is 1. The third kappa shape index (κ3) is 4.39. The number of carbonyl (C=O) groups excluding carboxylic acids is 2. The first-order valence-electron chi connectivity index (χ1n) is 5.76. The van der Waals surface area contributed by atoms with Crippen LogP contribution in [0.2, 0.25) is 0 Å². The van der Waals surface area contributed by atoms with Crippen molar-refractivity contribution in [2.75, 3.05) is 7.11 Å². The van der Waals surface area contributed by atoms with Gasteiger partial charge < -0.3 is 10.1 Å². The van der Waals surface area contributed by atoms with Gasteiger partial charge in [0.25, 0.3) is 5.91 Å². The van der Waals surface area contributed by atoms with E-state index in [2.05, 4.69) is 15.0 Å². The fraction of sp³-hybridized carbons (Fsp3) is 0.385. The van der Waals surface area contributed by atoms with Gasteiger partial charge in [0, 0.05) is 18.3 Å². The first-order valence-corrected chi connectivity index (χ1v) is 5.76. The van der Waals surface area contributed by atoms with E-state index in [4.69, 9.17) is 5.26 Å². The lowest BCUT2D eigenvalue weighted by Crippen LogP contribution is -2.42. The third-order valence-electron chi connectivity index (χ3n) is 2.52. The predicted molar refractivity (Wildman–Crippen MR) is 66.9 cm³/mol. The van der Waals surface area contributed by atoms with E-state index in [0.717, 1.165) is 0 Å². The van der Waals surface area contributed by atoms with Crippen LogP contribution in [-0.2, 0) is 9.53 Å². The van der Waals surface area contributed by atoms with Gasteiger partial charge in [-0.3, -0.25) is 9.78 Å². The lowest BCUT2D eigenvalue weighted by atomic mass is 10.0. The Bertz CT molecular complexity index is 482. The highest BCUT2D eigenvalue weighted by atomic mass is 16.5. The first-order chi connectivity index (χ1) is 9.08.